The number of benzene rings is 12. The Kier molecular flexibility index (Phi) is 18.2. The first kappa shape index (κ1) is 73.0. The van der Waals surface area contributed by atoms with E-state index in [1.54, 1.807) is 6.07 Å². The minimum absolute atomic E-state index is 0.227. The van der Waals surface area contributed by atoms with E-state index in [2.05, 4.69) is 151 Å². The molecule has 15 aromatic rings. The second-order valence-electron chi connectivity index (χ2n) is 34.8. The normalized spacial score (nSPS) is 22.3. The number of carbonyl (C=O) groups is 1. The number of rotatable bonds is 5. The van der Waals surface area contributed by atoms with Crippen molar-refractivity contribution in [3.05, 3.63) is 268 Å². The molecular weight excluding hydrogens is 1420 g/mol. The van der Waals surface area contributed by atoms with Crippen LogP contribution in [-0.2, 0) is 0 Å². The SMILES string of the molecule is C[C@H]1CC[C@H]2[C@H](C1)c1c(c3ccccc3c3nc4cc(/C(=N\O)c5ccccc5)ccc4nc13)OC2(C)C.C[C@H]1CC[C@H]2[C@H](C1)c1c(c3ccccc3c3nc4ccc(/C(=N\O)c5ccccc5)cc4nc13)OC2(C)C.C[C@H]1CC[C@H]2[C@H](C1)c1c(c3ccccc3c3nc4ccc(C(=O)C#Cc5ccccc5)cc4nc13)OC2(C)C. The number of Topliss-reactive ketones (excluding diaryl/α,β-unsaturated/α-hetero) is 1. The minimum Gasteiger partial charge on any atom is -0.487 e. The number of hydrogen-bond acceptors (Lipinski definition) is 14. The molecule has 6 aliphatic rings. The zero-order chi connectivity index (χ0) is 78.8. The summed E-state index contributed by atoms with van der Waals surface area (Å²) in [6, 6.07) is 71.6. The second kappa shape index (κ2) is 28.7. The van der Waals surface area contributed by atoms with Gasteiger partial charge in [0.1, 0.15) is 45.5 Å². The van der Waals surface area contributed by atoms with Gasteiger partial charge in [-0.05, 0) is 176 Å². The van der Waals surface area contributed by atoms with E-state index in [0.717, 1.165) is 170 Å². The highest BCUT2D eigenvalue weighted by Gasteiger charge is 2.51. The van der Waals surface area contributed by atoms with Crippen LogP contribution in [0.1, 0.15) is 193 Å². The molecule has 14 heteroatoms. The first-order chi connectivity index (χ1) is 55.8. The van der Waals surface area contributed by atoms with E-state index in [-0.39, 0.29) is 22.6 Å². The second-order valence-corrected chi connectivity index (χ2v) is 34.8. The van der Waals surface area contributed by atoms with Crippen molar-refractivity contribution >= 4 is 116 Å². The fourth-order valence-electron chi connectivity index (χ4n) is 20.6. The van der Waals surface area contributed by atoms with Crippen molar-refractivity contribution in [2.24, 2.45) is 45.8 Å². The summed E-state index contributed by atoms with van der Waals surface area (Å²) in [4.78, 5) is 44.3. The Hall–Kier alpha value is -12.2. The van der Waals surface area contributed by atoms with Gasteiger partial charge < -0.3 is 24.6 Å². The number of nitrogens with zero attached hydrogens (tertiary/aromatic N) is 8. The largest absolute Gasteiger partial charge is 0.487 e. The average Bonchev–Trinajstić information content (AvgIpc) is 0.719. The van der Waals surface area contributed by atoms with Gasteiger partial charge in [0.2, 0.25) is 5.78 Å². The van der Waals surface area contributed by atoms with Crippen molar-refractivity contribution in [3.8, 4) is 29.1 Å². The van der Waals surface area contributed by atoms with Crippen LogP contribution >= 0.6 is 0 Å². The molecule has 2 N–H and O–H groups in total. The van der Waals surface area contributed by atoms with Crippen LogP contribution in [-0.4, -0.2) is 74.3 Å². The molecule has 0 amide bonds. The maximum absolute atomic E-state index is 13.0. The molecule has 3 fully saturated rings. The number of aromatic nitrogens is 6. The van der Waals surface area contributed by atoms with Crippen molar-refractivity contribution < 1.29 is 29.4 Å². The molecule has 3 aromatic heterocycles. The molecule has 9 atom stereocenters. The highest BCUT2D eigenvalue weighted by atomic mass is 16.5. The van der Waals surface area contributed by atoms with Crippen LogP contribution in [0.5, 0.6) is 17.2 Å². The molecule has 115 heavy (non-hydrogen) atoms. The molecule has 0 radical (unpaired) electrons. The Morgan fingerprint density at radius 1 is 0.348 bits per heavy atom. The molecule has 0 bridgehead atoms. The highest BCUT2D eigenvalue weighted by Crippen LogP contribution is 2.60. The first-order valence-corrected chi connectivity index (χ1v) is 41.0. The minimum atomic E-state index is -0.254. The van der Waals surface area contributed by atoms with Crippen molar-refractivity contribution in [1.82, 2.24) is 29.9 Å². The third-order valence-corrected chi connectivity index (χ3v) is 26.2. The predicted octanol–water partition coefficient (Wildman–Crippen LogP) is 23.6. The fourth-order valence-corrected chi connectivity index (χ4v) is 20.6. The first-order valence-electron chi connectivity index (χ1n) is 41.0. The summed E-state index contributed by atoms with van der Waals surface area (Å²) < 4.78 is 20.6. The summed E-state index contributed by atoms with van der Waals surface area (Å²) in [6.07, 6.45) is 10.6. The van der Waals surface area contributed by atoms with E-state index in [0.29, 0.717) is 75.8 Å². The molecule has 21 rings (SSSR count). The molecule has 0 spiro atoms. The van der Waals surface area contributed by atoms with Gasteiger partial charge in [0.05, 0.1) is 66.2 Å². The van der Waals surface area contributed by atoms with E-state index >= 15 is 0 Å². The maximum Gasteiger partial charge on any atom is 0.236 e. The zero-order valence-electron chi connectivity index (χ0n) is 66.4. The lowest BCUT2D eigenvalue weighted by atomic mass is 9.64. The van der Waals surface area contributed by atoms with Gasteiger partial charge in [0, 0.05) is 100 Å². The van der Waals surface area contributed by atoms with E-state index in [1.807, 2.05) is 146 Å². The van der Waals surface area contributed by atoms with Crippen molar-refractivity contribution in [1.29, 1.82) is 0 Å². The van der Waals surface area contributed by atoms with Gasteiger partial charge in [-0.25, -0.2) is 29.9 Å². The van der Waals surface area contributed by atoms with Crippen molar-refractivity contribution in [2.45, 2.75) is 155 Å². The molecule has 3 aliphatic carbocycles. The summed E-state index contributed by atoms with van der Waals surface area (Å²) in [5.41, 5.74) is 18.8. The third kappa shape index (κ3) is 12.9. The number of hydrogen-bond donors (Lipinski definition) is 2. The molecule has 3 saturated carbocycles. The van der Waals surface area contributed by atoms with Gasteiger partial charge in [-0.1, -0.05) is 220 Å². The highest BCUT2D eigenvalue weighted by molar-refractivity contribution is 6.18. The zero-order valence-corrected chi connectivity index (χ0v) is 66.4. The molecule has 14 nitrogen and oxygen atoms in total. The van der Waals surface area contributed by atoms with Crippen LogP contribution in [0.15, 0.2) is 229 Å². The monoisotopic (exact) mass is 1510 g/mol. The lowest BCUT2D eigenvalue weighted by molar-refractivity contribution is -0.0118. The fraction of sp³-hybridized carbons (Fsp3) is 0.297. The van der Waals surface area contributed by atoms with E-state index in [9.17, 15) is 15.2 Å². The van der Waals surface area contributed by atoms with Crippen LogP contribution in [0.4, 0.5) is 0 Å². The number of ether oxygens (including phenoxy) is 3. The summed E-state index contributed by atoms with van der Waals surface area (Å²) in [5.74, 6) is 12.8. The van der Waals surface area contributed by atoms with Gasteiger partial charge in [0.25, 0.3) is 0 Å². The summed E-state index contributed by atoms with van der Waals surface area (Å²) in [7, 11) is 0. The molecular formula is C101H92N8O6. The maximum atomic E-state index is 13.0. The van der Waals surface area contributed by atoms with Crippen LogP contribution in [0.25, 0.3) is 98.5 Å². The smallest absolute Gasteiger partial charge is 0.236 e. The lowest BCUT2D eigenvalue weighted by Gasteiger charge is -2.49. The van der Waals surface area contributed by atoms with Gasteiger partial charge in [-0.3, -0.25) is 4.79 Å². The molecule has 3 aliphatic heterocycles. The molecule has 0 unspecified atom stereocenters. The Morgan fingerprint density at radius 3 is 1.00 bits per heavy atom. The summed E-state index contributed by atoms with van der Waals surface area (Å²) in [5, 5.41) is 33.5. The van der Waals surface area contributed by atoms with Crippen LogP contribution in [0.3, 0.4) is 0 Å². The Labute approximate surface area is 669 Å². The number of oxime groups is 2. The van der Waals surface area contributed by atoms with Gasteiger partial charge in [-0.2, -0.15) is 0 Å². The van der Waals surface area contributed by atoms with Gasteiger partial charge in [-0.15, -0.1) is 0 Å². The molecule has 6 heterocycles. The molecule has 572 valence electrons. The van der Waals surface area contributed by atoms with Crippen LogP contribution in [0, 0.1) is 47.3 Å². The number of fused-ring (bicyclic) bond motifs is 27. The average molecular weight is 1510 g/mol. The Balaban J connectivity index is 0.000000115. The predicted molar refractivity (Wildman–Crippen MR) is 461 cm³/mol. The lowest BCUT2D eigenvalue weighted by Crippen LogP contribution is -2.46. The molecule has 12 aromatic carbocycles. The van der Waals surface area contributed by atoms with Gasteiger partial charge in [0.15, 0.2) is 0 Å². The van der Waals surface area contributed by atoms with Crippen molar-refractivity contribution in [2.75, 3.05) is 0 Å². The topological polar surface area (TPSA) is 187 Å². The number of carbonyl (C=O) groups excluding carboxylic acids is 1. The van der Waals surface area contributed by atoms with Crippen LogP contribution in [0.2, 0.25) is 0 Å². The van der Waals surface area contributed by atoms with E-state index in [4.69, 9.17) is 44.1 Å². The standard InChI is InChI=1S/C35H30N2O2.2C33H31N3O2/c1-21-13-16-27-26(19-21)31-33-32(24-11-7-8-12-25(24)34(31)39-35(27,2)3)36-28-17-15-23(20-29(28)37-33)30(38)18-14-22-9-5-4-6-10-22;1-19-13-15-25-24(17-19)28-31-30(22-11-7-8-12-23(22)32(28)38-33(25,2)3)35-27-18-21(14-16-26(27)34-31)29(36-37)20-9-5-4-6-10-20;1-19-13-15-25-24(17-19)28-31-30(22-11-7-8-12-23(22)32(28)38-33(25,2)3)34-26-16-14-21(18-27(26)35-31)29(36-37)20-9-5-4-6-10-20/h4-12,15,17,20-21,26-27H,13,16,19H2,1-3H3;2*4-12,14,16,18-19,24-25,37H,13,15,17H2,1-3H3/b;2*36-29-/t21-,26-,27-;2*19-,24-,25-/m000/s1. The Bertz CT molecular complexity index is 6590. The molecule has 0 saturated heterocycles. The Morgan fingerprint density at radius 2 is 0.643 bits per heavy atom. The summed E-state index contributed by atoms with van der Waals surface area (Å²) in [6.45, 7) is 20.6. The quantitative estimate of drug-likeness (QED) is 0.0316. The van der Waals surface area contributed by atoms with Crippen molar-refractivity contribution in [3.63, 3.8) is 0 Å². The van der Waals surface area contributed by atoms with Gasteiger partial charge >= 0.3 is 0 Å². The third-order valence-electron chi connectivity index (χ3n) is 26.2. The van der Waals surface area contributed by atoms with Crippen LogP contribution < -0.4 is 14.2 Å². The van der Waals surface area contributed by atoms with E-state index in [1.165, 1.54) is 42.4 Å². The summed E-state index contributed by atoms with van der Waals surface area (Å²) >= 11 is 0. The number of ketones is 1. The van der Waals surface area contributed by atoms with E-state index < -0.39 is 0 Å².